The molecule has 0 radical (unpaired) electrons. The van der Waals surface area contributed by atoms with Gasteiger partial charge in [0.25, 0.3) is 0 Å². The number of halogens is 3. The molecule has 1 unspecified atom stereocenters. The third-order valence-electron chi connectivity index (χ3n) is 3.98. The van der Waals surface area contributed by atoms with E-state index in [4.69, 9.17) is 11.6 Å². The Labute approximate surface area is 126 Å². The molecule has 1 heterocycles. The highest BCUT2D eigenvalue weighted by atomic mass is 35.5. The van der Waals surface area contributed by atoms with E-state index in [1.54, 1.807) is 11.3 Å². The lowest BCUT2D eigenvalue weighted by atomic mass is 9.84. The summed E-state index contributed by atoms with van der Waals surface area (Å²) < 4.78 is 27.5. The maximum Gasteiger partial charge on any atom is 0.248 e. The average Bonchev–Trinajstić information content (AvgIpc) is 2.80. The Bertz CT molecular complexity index is 555. The van der Waals surface area contributed by atoms with Crippen molar-refractivity contribution in [3.05, 3.63) is 29.3 Å². The smallest absolute Gasteiger partial charge is 0.241 e. The van der Waals surface area contributed by atoms with E-state index in [0.717, 1.165) is 15.2 Å². The molecule has 20 heavy (non-hydrogen) atoms. The summed E-state index contributed by atoms with van der Waals surface area (Å²) in [5.74, 6) is -2.30. The highest BCUT2D eigenvalue weighted by Gasteiger charge is 2.37. The molecular formula is C15H16ClF2NS. The van der Waals surface area contributed by atoms with Crippen LogP contribution in [-0.2, 0) is 6.42 Å². The average molecular weight is 316 g/mol. The number of alkyl halides is 3. The molecule has 0 aliphatic heterocycles. The minimum atomic E-state index is -2.48. The Morgan fingerprint density at radius 2 is 2.00 bits per heavy atom. The van der Waals surface area contributed by atoms with Crippen LogP contribution in [0.1, 0.15) is 30.7 Å². The fourth-order valence-electron chi connectivity index (χ4n) is 2.76. The molecule has 2 aromatic rings. The zero-order valence-corrected chi connectivity index (χ0v) is 12.6. The largest absolute Gasteiger partial charge is 0.248 e. The molecule has 5 heteroatoms. The molecule has 0 bridgehead atoms. The first kappa shape index (κ1) is 14.2. The minimum absolute atomic E-state index is 0.0271. The van der Waals surface area contributed by atoms with Crippen LogP contribution in [0.15, 0.2) is 24.3 Å². The van der Waals surface area contributed by atoms with Gasteiger partial charge in [-0.2, -0.15) is 0 Å². The normalized spacial score (nSPS) is 21.1. The van der Waals surface area contributed by atoms with Gasteiger partial charge in [-0.1, -0.05) is 12.1 Å². The number of hydrogen-bond acceptors (Lipinski definition) is 2. The molecule has 0 saturated heterocycles. The number of para-hydroxylation sites is 1. The molecule has 1 nitrogen and oxygen atoms in total. The second-order valence-corrected chi connectivity index (χ2v) is 7.16. The fourth-order valence-corrected chi connectivity index (χ4v) is 4.28. The Hall–Kier alpha value is -0.740. The number of nitrogens with zero attached hydrogens (tertiary/aromatic N) is 1. The predicted molar refractivity (Wildman–Crippen MR) is 79.9 cm³/mol. The first-order valence-electron chi connectivity index (χ1n) is 6.90. The Kier molecular flexibility index (Phi) is 3.95. The standard InChI is InChI=1S/C15H16ClF2NS/c16-11(10-5-7-15(17,18)8-6-10)9-14-19-12-3-1-2-4-13(12)20-14/h1-4,10-11H,5-9H2. The maximum absolute atomic E-state index is 13.2. The van der Waals surface area contributed by atoms with Gasteiger partial charge in [0.05, 0.1) is 15.2 Å². The molecule has 1 aliphatic rings. The van der Waals surface area contributed by atoms with Crippen molar-refractivity contribution in [2.45, 2.75) is 43.4 Å². The zero-order valence-electron chi connectivity index (χ0n) is 11.0. The fraction of sp³-hybridized carbons (Fsp3) is 0.533. The van der Waals surface area contributed by atoms with Crippen LogP contribution in [0.25, 0.3) is 10.2 Å². The lowest BCUT2D eigenvalue weighted by Gasteiger charge is -2.30. The van der Waals surface area contributed by atoms with Crippen LogP contribution >= 0.6 is 22.9 Å². The van der Waals surface area contributed by atoms with Gasteiger partial charge in [0.1, 0.15) is 0 Å². The van der Waals surface area contributed by atoms with Crippen LogP contribution in [-0.4, -0.2) is 16.3 Å². The van der Waals surface area contributed by atoms with Gasteiger partial charge in [-0.15, -0.1) is 22.9 Å². The maximum atomic E-state index is 13.2. The van der Waals surface area contributed by atoms with Crippen molar-refractivity contribution >= 4 is 33.2 Å². The van der Waals surface area contributed by atoms with Gasteiger partial charge in [-0.05, 0) is 30.9 Å². The summed E-state index contributed by atoms with van der Waals surface area (Å²) in [6.07, 6.45) is 1.66. The van der Waals surface area contributed by atoms with Gasteiger partial charge in [-0.25, -0.2) is 13.8 Å². The number of rotatable bonds is 3. The summed E-state index contributed by atoms with van der Waals surface area (Å²) in [5.41, 5.74) is 0.992. The van der Waals surface area contributed by atoms with E-state index in [1.807, 2.05) is 24.3 Å². The molecule has 3 rings (SSSR count). The van der Waals surface area contributed by atoms with E-state index in [0.29, 0.717) is 19.3 Å². The predicted octanol–water partition coefficient (Wildman–Crippen LogP) is 5.27. The number of hydrogen-bond donors (Lipinski definition) is 0. The Morgan fingerprint density at radius 1 is 1.30 bits per heavy atom. The van der Waals surface area contributed by atoms with Crippen molar-refractivity contribution in [3.8, 4) is 0 Å². The zero-order chi connectivity index (χ0) is 14.2. The highest BCUT2D eigenvalue weighted by Crippen LogP contribution is 2.39. The van der Waals surface area contributed by atoms with E-state index in [1.165, 1.54) is 0 Å². The minimum Gasteiger partial charge on any atom is -0.241 e. The molecule has 1 aliphatic carbocycles. The van der Waals surface area contributed by atoms with Crippen molar-refractivity contribution in [1.29, 1.82) is 0 Å². The second kappa shape index (κ2) is 5.57. The lowest BCUT2D eigenvalue weighted by Crippen LogP contribution is -2.29. The van der Waals surface area contributed by atoms with Gasteiger partial charge in [0.15, 0.2) is 0 Å². The van der Waals surface area contributed by atoms with Crippen LogP contribution in [0.5, 0.6) is 0 Å². The third-order valence-corrected chi connectivity index (χ3v) is 5.55. The second-order valence-electron chi connectivity index (χ2n) is 5.49. The molecule has 108 valence electrons. The summed E-state index contributed by atoms with van der Waals surface area (Å²) >= 11 is 8.08. The van der Waals surface area contributed by atoms with E-state index < -0.39 is 5.92 Å². The van der Waals surface area contributed by atoms with Crippen LogP contribution in [0.3, 0.4) is 0 Å². The Balaban J connectivity index is 1.65. The number of thiazole rings is 1. The summed E-state index contributed by atoms with van der Waals surface area (Å²) in [4.78, 5) is 4.56. The van der Waals surface area contributed by atoms with E-state index in [2.05, 4.69) is 4.98 Å². The van der Waals surface area contributed by atoms with Crippen LogP contribution < -0.4 is 0 Å². The summed E-state index contributed by atoms with van der Waals surface area (Å²) in [7, 11) is 0. The number of fused-ring (bicyclic) bond motifs is 1. The molecule has 1 aromatic heterocycles. The number of benzene rings is 1. The van der Waals surface area contributed by atoms with Crippen molar-refractivity contribution in [2.24, 2.45) is 5.92 Å². The molecule has 1 saturated carbocycles. The molecule has 0 spiro atoms. The van der Waals surface area contributed by atoms with Gasteiger partial charge >= 0.3 is 0 Å². The monoisotopic (exact) mass is 315 g/mol. The first-order chi connectivity index (χ1) is 9.53. The molecule has 1 fully saturated rings. The molecule has 0 amide bonds. The summed E-state index contributed by atoms with van der Waals surface area (Å²) in [6.45, 7) is 0. The molecular weight excluding hydrogens is 300 g/mol. The van der Waals surface area contributed by atoms with Gasteiger partial charge in [0.2, 0.25) is 5.92 Å². The third kappa shape index (κ3) is 3.12. The molecule has 0 N–H and O–H groups in total. The van der Waals surface area contributed by atoms with Crippen LogP contribution in [0.4, 0.5) is 8.78 Å². The van der Waals surface area contributed by atoms with Crippen LogP contribution in [0, 0.1) is 5.92 Å². The van der Waals surface area contributed by atoms with E-state index in [-0.39, 0.29) is 24.1 Å². The van der Waals surface area contributed by atoms with Crippen molar-refractivity contribution < 1.29 is 8.78 Å². The SMILES string of the molecule is FC1(F)CCC(C(Cl)Cc2nc3ccccc3s2)CC1. The summed E-state index contributed by atoms with van der Waals surface area (Å²) in [6, 6.07) is 7.99. The lowest BCUT2D eigenvalue weighted by molar-refractivity contribution is -0.0459. The van der Waals surface area contributed by atoms with Crippen molar-refractivity contribution in [2.75, 3.05) is 0 Å². The van der Waals surface area contributed by atoms with Crippen molar-refractivity contribution in [1.82, 2.24) is 4.98 Å². The highest BCUT2D eigenvalue weighted by molar-refractivity contribution is 7.18. The van der Waals surface area contributed by atoms with E-state index >= 15 is 0 Å². The van der Waals surface area contributed by atoms with Gasteiger partial charge < -0.3 is 0 Å². The van der Waals surface area contributed by atoms with Gasteiger partial charge in [0, 0.05) is 24.6 Å². The van der Waals surface area contributed by atoms with Crippen LogP contribution in [0.2, 0.25) is 0 Å². The quantitative estimate of drug-likeness (QED) is 0.703. The Morgan fingerprint density at radius 3 is 2.70 bits per heavy atom. The molecule has 1 atom stereocenters. The van der Waals surface area contributed by atoms with E-state index in [9.17, 15) is 8.78 Å². The molecule has 1 aromatic carbocycles. The summed E-state index contributed by atoms with van der Waals surface area (Å²) in [5, 5.41) is 0.912. The number of aromatic nitrogens is 1. The van der Waals surface area contributed by atoms with Gasteiger partial charge in [-0.3, -0.25) is 0 Å². The van der Waals surface area contributed by atoms with Crippen molar-refractivity contribution in [3.63, 3.8) is 0 Å². The first-order valence-corrected chi connectivity index (χ1v) is 8.15. The topological polar surface area (TPSA) is 12.9 Å².